The van der Waals surface area contributed by atoms with Crippen LogP contribution in [0.25, 0.3) is 0 Å². The number of hydrogen-bond donors (Lipinski definition) is 2. The quantitative estimate of drug-likeness (QED) is 0.824. The molecule has 0 aromatic carbocycles. The fourth-order valence-electron chi connectivity index (χ4n) is 1.56. The van der Waals surface area contributed by atoms with Crippen LogP contribution in [0, 0.1) is 0 Å². The predicted molar refractivity (Wildman–Crippen MR) is 70.2 cm³/mol. The number of hydrogen-bond acceptors (Lipinski definition) is 3. The number of nitrogens with one attached hydrogen (secondary N) is 2. The smallest absolute Gasteiger partial charge is 0.253 e. The Labute approximate surface area is 103 Å². The molecule has 0 aliphatic carbocycles. The third-order valence-electron chi connectivity index (χ3n) is 3.31. The minimum absolute atomic E-state index is 0.0528. The lowest BCUT2D eigenvalue weighted by Gasteiger charge is -2.28. The normalized spacial score (nSPS) is 11.1. The molecule has 1 amide bonds. The van der Waals surface area contributed by atoms with Gasteiger partial charge < -0.3 is 10.6 Å². The van der Waals surface area contributed by atoms with E-state index >= 15 is 0 Å². The monoisotopic (exact) mass is 235 g/mol. The van der Waals surface area contributed by atoms with Crippen LogP contribution in [-0.4, -0.2) is 23.5 Å². The summed E-state index contributed by atoms with van der Waals surface area (Å²) in [6.07, 6.45) is 5.11. The standard InChI is InChI=1S/C13H21N3O/c1-5-13(3,6-2)16-12(17)10-7-8-15-9-11(10)14-4/h7-9,14H,5-6H2,1-4H3,(H,16,17). The first kappa shape index (κ1) is 13.5. The third kappa shape index (κ3) is 3.19. The minimum Gasteiger partial charge on any atom is -0.386 e. The summed E-state index contributed by atoms with van der Waals surface area (Å²) in [6.45, 7) is 6.22. The van der Waals surface area contributed by atoms with Crippen LogP contribution in [0.3, 0.4) is 0 Å². The summed E-state index contributed by atoms with van der Waals surface area (Å²) in [5.41, 5.74) is 1.24. The highest BCUT2D eigenvalue weighted by molar-refractivity contribution is 5.99. The Morgan fingerprint density at radius 3 is 2.59 bits per heavy atom. The maximum Gasteiger partial charge on any atom is 0.253 e. The van der Waals surface area contributed by atoms with Crippen LogP contribution in [0.2, 0.25) is 0 Å². The van der Waals surface area contributed by atoms with Crippen molar-refractivity contribution in [2.75, 3.05) is 12.4 Å². The Kier molecular flexibility index (Phi) is 4.49. The molecule has 0 aliphatic heterocycles. The number of carbonyl (C=O) groups is 1. The first-order chi connectivity index (χ1) is 8.06. The van der Waals surface area contributed by atoms with E-state index in [9.17, 15) is 4.79 Å². The Morgan fingerprint density at radius 2 is 2.06 bits per heavy atom. The molecule has 0 saturated heterocycles. The van der Waals surface area contributed by atoms with Crippen LogP contribution in [0.15, 0.2) is 18.5 Å². The SMILES string of the molecule is CCC(C)(CC)NC(=O)c1ccncc1NC. The van der Waals surface area contributed by atoms with Gasteiger partial charge in [0.05, 0.1) is 17.4 Å². The second-order valence-corrected chi connectivity index (χ2v) is 4.39. The van der Waals surface area contributed by atoms with Crippen molar-refractivity contribution in [3.05, 3.63) is 24.0 Å². The number of carbonyl (C=O) groups excluding carboxylic acids is 1. The highest BCUT2D eigenvalue weighted by atomic mass is 16.1. The van der Waals surface area contributed by atoms with Crippen molar-refractivity contribution in [1.82, 2.24) is 10.3 Å². The maximum absolute atomic E-state index is 12.2. The summed E-state index contributed by atoms with van der Waals surface area (Å²) in [6, 6.07) is 1.73. The molecule has 0 saturated carbocycles. The molecule has 4 heteroatoms. The van der Waals surface area contributed by atoms with E-state index in [1.165, 1.54) is 0 Å². The van der Waals surface area contributed by atoms with Gasteiger partial charge in [-0.3, -0.25) is 9.78 Å². The second-order valence-electron chi connectivity index (χ2n) is 4.39. The van der Waals surface area contributed by atoms with Gasteiger partial charge in [0.1, 0.15) is 0 Å². The average molecular weight is 235 g/mol. The molecule has 1 aromatic heterocycles. The summed E-state index contributed by atoms with van der Waals surface area (Å²) in [5.74, 6) is -0.0528. The highest BCUT2D eigenvalue weighted by Gasteiger charge is 2.23. The summed E-state index contributed by atoms with van der Waals surface area (Å²) in [5, 5.41) is 6.05. The molecule has 0 radical (unpaired) electrons. The number of rotatable bonds is 5. The van der Waals surface area contributed by atoms with Gasteiger partial charge in [0.2, 0.25) is 0 Å². The van der Waals surface area contributed by atoms with Gasteiger partial charge in [0.25, 0.3) is 5.91 Å². The Morgan fingerprint density at radius 1 is 1.41 bits per heavy atom. The molecule has 1 heterocycles. The lowest BCUT2D eigenvalue weighted by molar-refractivity contribution is 0.0902. The molecule has 0 atom stereocenters. The first-order valence-electron chi connectivity index (χ1n) is 6.00. The second kappa shape index (κ2) is 5.66. The van der Waals surface area contributed by atoms with Crippen molar-refractivity contribution in [3.8, 4) is 0 Å². The summed E-state index contributed by atoms with van der Waals surface area (Å²) in [7, 11) is 1.78. The summed E-state index contributed by atoms with van der Waals surface area (Å²) < 4.78 is 0. The van der Waals surface area contributed by atoms with E-state index < -0.39 is 0 Å². The molecule has 0 fully saturated rings. The van der Waals surface area contributed by atoms with E-state index in [2.05, 4.69) is 36.4 Å². The number of aromatic nitrogens is 1. The minimum atomic E-state index is -0.147. The van der Waals surface area contributed by atoms with Crippen LogP contribution in [0.5, 0.6) is 0 Å². The molecular weight excluding hydrogens is 214 g/mol. The topological polar surface area (TPSA) is 54.0 Å². The van der Waals surface area contributed by atoms with Crippen molar-refractivity contribution in [3.63, 3.8) is 0 Å². The van der Waals surface area contributed by atoms with Gasteiger partial charge in [-0.15, -0.1) is 0 Å². The Bertz CT molecular complexity index is 386. The van der Waals surface area contributed by atoms with Crippen molar-refractivity contribution in [2.24, 2.45) is 0 Å². The van der Waals surface area contributed by atoms with Gasteiger partial charge in [-0.05, 0) is 25.8 Å². The molecule has 4 nitrogen and oxygen atoms in total. The molecule has 0 aliphatic rings. The lowest BCUT2D eigenvalue weighted by atomic mass is 9.95. The van der Waals surface area contributed by atoms with Crippen LogP contribution in [-0.2, 0) is 0 Å². The zero-order valence-corrected chi connectivity index (χ0v) is 11.0. The van der Waals surface area contributed by atoms with Crippen LogP contribution >= 0.6 is 0 Å². The van der Waals surface area contributed by atoms with E-state index in [1.807, 2.05) is 0 Å². The lowest BCUT2D eigenvalue weighted by Crippen LogP contribution is -2.45. The van der Waals surface area contributed by atoms with E-state index in [-0.39, 0.29) is 11.4 Å². The number of pyridine rings is 1. The maximum atomic E-state index is 12.2. The molecule has 17 heavy (non-hydrogen) atoms. The fraction of sp³-hybridized carbons (Fsp3) is 0.538. The molecule has 2 N–H and O–H groups in total. The van der Waals surface area contributed by atoms with Gasteiger partial charge in [0, 0.05) is 18.8 Å². The zero-order chi connectivity index (χ0) is 12.9. The van der Waals surface area contributed by atoms with E-state index in [1.54, 1.807) is 25.5 Å². The van der Waals surface area contributed by atoms with E-state index in [0.717, 1.165) is 18.5 Å². The Balaban J connectivity index is 2.90. The molecular formula is C13H21N3O. The van der Waals surface area contributed by atoms with E-state index in [4.69, 9.17) is 0 Å². The molecule has 0 unspecified atom stereocenters. The van der Waals surface area contributed by atoms with Crippen LogP contribution in [0.4, 0.5) is 5.69 Å². The third-order valence-corrected chi connectivity index (χ3v) is 3.31. The molecule has 0 bridgehead atoms. The largest absolute Gasteiger partial charge is 0.386 e. The van der Waals surface area contributed by atoms with Gasteiger partial charge in [-0.2, -0.15) is 0 Å². The van der Waals surface area contributed by atoms with Gasteiger partial charge in [0.15, 0.2) is 0 Å². The fourth-order valence-corrected chi connectivity index (χ4v) is 1.56. The highest BCUT2D eigenvalue weighted by Crippen LogP contribution is 2.17. The van der Waals surface area contributed by atoms with Gasteiger partial charge in [-0.1, -0.05) is 13.8 Å². The number of anilines is 1. The van der Waals surface area contributed by atoms with Crippen molar-refractivity contribution >= 4 is 11.6 Å². The van der Waals surface area contributed by atoms with Crippen molar-refractivity contribution in [2.45, 2.75) is 39.2 Å². The zero-order valence-electron chi connectivity index (χ0n) is 11.0. The predicted octanol–water partition coefficient (Wildman–Crippen LogP) is 2.43. The Hall–Kier alpha value is -1.58. The van der Waals surface area contributed by atoms with Gasteiger partial charge >= 0.3 is 0 Å². The van der Waals surface area contributed by atoms with Gasteiger partial charge in [-0.25, -0.2) is 0 Å². The first-order valence-corrected chi connectivity index (χ1v) is 6.00. The van der Waals surface area contributed by atoms with Crippen LogP contribution in [0.1, 0.15) is 44.0 Å². The van der Waals surface area contributed by atoms with E-state index in [0.29, 0.717) is 5.56 Å². The van der Waals surface area contributed by atoms with Crippen molar-refractivity contribution in [1.29, 1.82) is 0 Å². The summed E-state index contributed by atoms with van der Waals surface area (Å²) in [4.78, 5) is 16.2. The number of nitrogens with zero attached hydrogens (tertiary/aromatic N) is 1. The molecule has 0 spiro atoms. The van der Waals surface area contributed by atoms with Crippen LogP contribution < -0.4 is 10.6 Å². The molecule has 1 rings (SSSR count). The summed E-state index contributed by atoms with van der Waals surface area (Å²) >= 11 is 0. The molecule has 1 aromatic rings. The van der Waals surface area contributed by atoms with Crippen molar-refractivity contribution < 1.29 is 4.79 Å². The average Bonchev–Trinajstić information content (AvgIpc) is 2.38. The molecule has 94 valence electrons. The number of amides is 1.